The highest BCUT2D eigenvalue weighted by Gasteiger charge is 1.97. The lowest BCUT2D eigenvalue weighted by Gasteiger charge is -2.01. The van der Waals surface area contributed by atoms with Crippen LogP contribution >= 0.6 is 15.9 Å². The van der Waals surface area contributed by atoms with Crippen LogP contribution in [0.1, 0.15) is 0 Å². The van der Waals surface area contributed by atoms with Crippen LogP contribution < -0.4 is 10.2 Å². The topological polar surface area (TPSA) is 22.1 Å². The zero-order valence-corrected chi connectivity index (χ0v) is 7.05. The minimum absolute atomic E-state index is 0.461. The molecule has 0 bridgehead atoms. The fourth-order valence-corrected chi connectivity index (χ4v) is 0.962. The molecule has 0 atom stereocenters. The molecule has 0 saturated heterocycles. The maximum Gasteiger partial charge on any atom is 0.205 e. The Labute approximate surface area is 69.1 Å². The van der Waals surface area contributed by atoms with E-state index in [4.69, 9.17) is 12.6 Å². The Bertz CT molecular complexity index is 241. The van der Waals surface area contributed by atoms with Gasteiger partial charge in [-0.05, 0) is 27.5 Å². The predicted molar refractivity (Wildman–Crippen MR) is 43.9 cm³/mol. The van der Waals surface area contributed by atoms with E-state index in [0.29, 0.717) is 11.3 Å². The van der Waals surface area contributed by atoms with Gasteiger partial charge in [-0.25, -0.2) is 4.98 Å². The largest absolute Gasteiger partial charge is 0.481 e. The van der Waals surface area contributed by atoms with Gasteiger partial charge in [-0.1, -0.05) is 0 Å². The van der Waals surface area contributed by atoms with Crippen molar-refractivity contribution in [2.75, 3.05) is 7.11 Å². The molecule has 0 N–H and O–H groups in total. The van der Waals surface area contributed by atoms with Crippen molar-refractivity contribution in [3.8, 4) is 5.88 Å². The maximum atomic E-state index is 5.51. The second-order valence-electron chi connectivity index (χ2n) is 1.75. The van der Waals surface area contributed by atoms with E-state index in [9.17, 15) is 0 Å². The third-order valence-corrected chi connectivity index (χ3v) is 1.47. The Kier molecular flexibility index (Phi) is 2.32. The standard InChI is InChI=1S/C6H5BBrNO/c1-10-6-5(7)2-4(8)3-9-6/h2-3H,1H3. The van der Waals surface area contributed by atoms with Crippen molar-refractivity contribution in [3.63, 3.8) is 0 Å². The summed E-state index contributed by atoms with van der Waals surface area (Å²) in [6.07, 6.45) is 1.63. The summed E-state index contributed by atoms with van der Waals surface area (Å²) in [6.45, 7) is 0. The van der Waals surface area contributed by atoms with Crippen molar-refractivity contribution in [3.05, 3.63) is 16.7 Å². The number of hydrogen-bond acceptors (Lipinski definition) is 2. The number of nitrogens with zero attached hydrogens (tertiary/aromatic N) is 1. The molecular weight excluding hydrogens is 193 g/mol. The van der Waals surface area contributed by atoms with Crippen LogP contribution in [-0.4, -0.2) is 19.9 Å². The van der Waals surface area contributed by atoms with Gasteiger partial charge >= 0.3 is 0 Å². The molecule has 0 aliphatic rings. The Morgan fingerprint density at radius 3 is 2.90 bits per heavy atom. The molecule has 4 heteroatoms. The van der Waals surface area contributed by atoms with Crippen LogP contribution in [0.15, 0.2) is 16.7 Å². The van der Waals surface area contributed by atoms with Gasteiger partial charge in [0, 0.05) is 10.7 Å². The Balaban J connectivity index is 3.07. The van der Waals surface area contributed by atoms with Crippen LogP contribution in [0.5, 0.6) is 5.88 Å². The van der Waals surface area contributed by atoms with E-state index in [-0.39, 0.29) is 0 Å². The zero-order valence-electron chi connectivity index (χ0n) is 5.47. The summed E-state index contributed by atoms with van der Waals surface area (Å²) < 4.78 is 5.70. The average molecular weight is 198 g/mol. The molecule has 1 heterocycles. The third-order valence-electron chi connectivity index (χ3n) is 1.04. The lowest BCUT2D eigenvalue weighted by Crippen LogP contribution is -2.08. The lowest BCUT2D eigenvalue weighted by atomic mass is 9.98. The van der Waals surface area contributed by atoms with Gasteiger partial charge in [-0.2, -0.15) is 0 Å². The number of pyridine rings is 1. The van der Waals surface area contributed by atoms with Gasteiger partial charge in [0.2, 0.25) is 5.88 Å². The molecule has 0 aliphatic carbocycles. The normalized spacial score (nSPS) is 9.40. The molecule has 0 fully saturated rings. The number of ether oxygens (including phenoxy) is 1. The van der Waals surface area contributed by atoms with Gasteiger partial charge in [-0.3, -0.25) is 0 Å². The molecule has 0 spiro atoms. The second kappa shape index (κ2) is 3.06. The van der Waals surface area contributed by atoms with Gasteiger partial charge in [0.15, 0.2) is 0 Å². The predicted octanol–water partition coefficient (Wildman–Crippen LogP) is 0.647. The maximum absolute atomic E-state index is 5.51. The van der Waals surface area contributed by atoms with Crippen LogP contribution in [0.3, 0.4) is 0 Å². The van der Waals surface area contributed by atoms with E-state index < -0.39 is 0 Å². The van der Waals surface area contributed by atoms with E-state index in [2.05, 4.69) is 20.9 Å². The molecule has 1 aromatic heterocycles. The number of hydrogen-bond donors (Lipinski definition) is 0. The van der Waals surface area contributed by atoms with Crippen molar-refractivity contribution in [1.82, 2.24) is 4.98 Å². The highest BCUT2D eigenvalue weighted by Crippen LogP contribution is 2.08. The molecule has 0 aliphatic heterocycles. The first kappa shape index (κ1) is 7.60. The fourth-order valence-electron chi connectivity index (χ4n) is 0.613. The molecule has 0 saturated carbocycles. The average Bonchev–Trinajstić information content (AvgIpc) is 1.88. The molecule has 2 radical (unpaired) electrons. The van der Waals surface area contributed by atoms with Crippen molar-refractivity contribution in [1.29, 1.82) is 0 Å². The Morgan fingerprint density at radius 2 is 2.40 bits per heavy atom. The van der Waals surface area contributed by atoms with Crippen molar-refractivity contribution in [2.24, 2.45) is 0 Å². The van der Waals surface area contributed by atoms with Crippen LogP contribution in [-0.2, 0) is 0 Å². The Morgan fingerprint density at radius 1 is 1.70 bits per heavy atom. The molecule has 1 aromatic rings. The smallest absolute Gasteiger partial charge is 0.205 e. The molecule has 0 unspecified atom stereocenters. The lowest BCUT2D eigenvalue weighted by molar-refractivity contribution is 0.401. The summed E-state index contributed by atoms with van der Waals surface area (Å²) in [5, 5.41) is 0. The quantitative estimate of drug-likeness (QED) is 0.617. The van der Waals surface area contributed by atoms with E-state index in [1.807, 2.05) is 0 Å². The van der Waals surface area contributed by atoms with Gasteiger partial charge in [0.25, 0.3) is 0 Å². The highest BCUT2D eigenvalue weighted by molar-refractivity contribution is 9.10. The molecule has 10 heavy (non-hydrogen) atoms. The van der Waals surface area contributed by atoms with Gasteiger partial charge in [0.05, 0.1) is 7.11 Å². The number of methoxy groups -OCH3 is 1. The third kappa shape index (κ3) is 1.50. The highest BCUT2D eigenvalue weighted by atomic mass is 79.9. The van der Waals surface area contributed by atoms with Gasteiger partial charge in [-0.15, -0.1) is 0 Å². The molecule has 2 nitrogen and oxygen atoms in total. The van der Waals surface area contributed by atoms with E-state index in [1.54, 1.807) is 12.3 Å². The molecule has 0 amide bonds. The summed E-state index contributed by atoms with van der Waals surface area (Å²) in [4.78, 5) is 3.90. The first-order chi connectivity index (χ1) is 4.74. The second-order valence-corrected chi connectivity index (χ2v) is 2.67. The SMILES string of the molecule is [B]c1cc(Br)cnc1OC. The first-order valence-electron chi connectivity index (χ1n) is 2.69. The van der Waals surface area contributed by atoms with Crippen molar-refractivity contribution >= 4 is 29.2 Å². The van der Waals surface area contributed by atoms with Crippen LogP contribution in [0.25, 0.3) is 0 Å². The van der Waals surface area contributed by atoms with Gasteiger partial charge in [0.1, 0.15) is 7.85 Å². The molecule has 50 valence electrons. The Hall–Kier alpha value is -0.505. The fraction of sp³-hybridized carbons (Fsp3) is 0.167. The summed E-state index contributed by atoms with van der Waals surface area (Å²) >= 11 is 3.23. The van der Waals surface area contributed by atoms with Crippen LogP contribution in [0.4, 0.5) is 0 Å². The van der Waals surface area contributed by atoms with Gasteiger partial charge < -0.3 is 4.74 Å². The van der Waals surface area contributed by atoms with Crippen molar-refractivity contribution in [2.45, 2.75) is 0 Å². The number of halogens is 1. The monoisotopic (exact) mass is 197 g/mol. The number of aromatic nitrogens is 1. The minimum atomic E-state index is 0.461. The molecule has 0 aromatic carbocycles. The summed E-state index contributed by atoms with van der Waals surface area (Å²) in [5.41, 5.74) is 0.539. The zero-order chi connectivity index (χ0) is 7.56. The summed E-state index contributed by atoms with van der Waals surface area (Å²) in [6, 6.07) is 1.74. The first-order valence-corrected chi connectivity index (χ1v) is 3.48. The summed E-state index contributed by atoms with van der Waals surface area (Å²) in [5.74, 6) is 0.461. The molecular formula is C6H5BBrNO. The van der Waals surface area contributed by atoms with E-state index >= 15 is 0 Å². The van der Waals surface area contributed by atoms with E-state index in [1.165, 1.54) is 7.11 Å². The van der Waals surface area contributed by atoms with Crippen LogP contribution in [0, 0.1) is 0 Å². The molecule has 1 rings (SSSR count). The van der Waals surface area contributed by atoms with Crippen molar-refractivity contribution < 1.29 is 4.74 Å². The number of rotatable bonds is 1. The van der Waals surface area contributed by atoms with E-state index in [0.717, 1.165) is 4.47 Å². The van der Waals surface area contributed by atoms with Crippen LogP contribution in [0.2, 0.25) is 0 Å². The summed E-state index contributed by atoms with van der Waals surface area (Å²) in [7, 11) is 7.05. The minimum Gasteiger partial charge on any atom is -0.481 e.